The van der Waals surface area contributed by atoms with E-state index in [2.05, 4.69) is 15.3 Å². The predicted octanol–water partition coefficient (Wildman–Crippen LogP) is 5.48. The van der Waals surface area contributed by atoms with Crippen molar-refractivity contribution in [1.29, 1.82) is 0 Å². The number of aromatic nitrogens is 4. The largest absolute Gasteiger partial charge is 0.418 e. The quantitative estimate of drug-likeness (QED) is 0.357. The van der Waals surface area contributed by atoms with Crippen molar-refractivity contribution in [2.75, 3.05) is 18.8 Å². The zero-order chi connectivity index (χ0) is 25.6. The number of nitrogens with one attached hydrogen (secondary N) is 1. The minimum absolute atomic E-state index is 0.0210. The van der Waals surface area contributed by atoms with E-state index in [1.807, 2.05) is 30.3 Å². The summed E-state index contributed by atoms with van der Waals surface area (Å²) in [6.07, 6.45) is -3.07. The maximum atomic E-state index is 16.6. The number of pyridine rings is 2. The minimum Gasteiger partial charge on any atom is -0.384 e. The molecule has 0 bridgehead atoms. The molecule has 1 unspecified atom stereocenters. The van der Waals surface area contributed by atoms with Gasteiger partial charge in [-0.05, 0) is 50.8 Å². The Morgan fingerprint density at radius 1 is 1.03 bits per heavy atom. The molecule has 7 rings (SSSR count). The van der Waals surface area contributed by atoms with Gasteiger partial charge < -0.3 is 11.1 Å². The number of hydrogen-bond donors (Lipinski definition) is 2. The van der Waals surface area contributed by atoms with E-state index in [0.717, 1.165) is 37.7 Å². The fourth-order valence-electron chi connectivity index (χ4n) is 6.09. The molecule has 4 heterocycles. The van der Waals surface area contributed by atoms with Crippen LogP contribution in [0, 0.1) is 24.6 Å². The number of nitrogens with zero attached hydrogens (tertiary/aromatic N) is 4. The SMILES string of the molecule is Cc1nc(N)cc(-c2nc(-c3ccccc3)c3c(C4[C@H]5CNC[C@@H]45)nn(C4CC4)c3c2F)c1C(F)(F)F. The molecule has 3 fully saturated rings. The smallest absolute Gasteiger partial charge is 0.384 e. The van der Waals surface area contributed by atoms with Crippen LogP contribution >= 0.6 is 0 Å². The first kappa shape index (κ1) is 22.7. The van der Waals surface area contributed by atoms with Crippen molar-refractivity contribution in [3.63, 3.8) is 0 Å². The van der Waals surface area contributed by atoms with Gasteiger partial charge in [-0.3, -0.25) is 4.68 Å². The van der Waals surface area contributed by atoms with Gasteiger partial charge in [0.25, 0.3) is 0 Å². The predicted molar refractivity (Wildman–Crippen MR) is 131 cm³/mol. The molecule has 0 spiro atoms. The van der Waals surface area contributed by atoms with E-state index in [9.17, 15) is 13.2 Å². The molecule has 2 saturated carbocycles. The highest BCUT2D eigenvalue weighted by Crippen LogP contribution is 2.58. The molecule has 1 aromatic carbocycles. The molecule has 37 heavy (non-hydrogen) atoms. The maximum Gasteiger partial charge on any atom is 0.418 e. The molecule has 1 aliphatic heterocycles. The fraction of sp³-hybridized carbons (Fsp3) is 0.370. The summed E-state index contributed by atoms with van der Waals surface area (Å²) in [5.41, 5.74) is 5.87. The van der Waals surface area contributed by atoms with Crippen molar-refractivity contribution in [1.82, 2.24) is 25.1 Å². The fourth-order valence-corrected chi connectivity index (χ4v) is 6.09. The molecule has 3 atom stereocenters. The van der Waals surface area contributed by atoms with E-state index in [0.29, 0.717) is 28.5 Å². The first-order valence-corrected chi connectivity index (χ1v) is 12.5. The van der Waals surface area contributed by atoms with Crippen LogP contribution < -0.4 is 11.1 Å². The van der Waals surface area contributed by atoms with Gasteiger partial charge in [-0.1, -0.05) is 30.3 Å². The van der Waals surface area contributed by atoms with Crippen molar-refractivity contribution in [3.05, 3.63) is 59.2 Å². The van der Waals surface area contributed by atoms with E-state index in [4.69, 9.17) is 10.8 Å². The Hall–Kier alpha value is -3.53. The van der Waals surface area contributed by atoms with Gasteiger partial charge in [-0.2, -0.15) is 18.3 Å². The van der Waals surface area contributed by atoms with Gasteiger partial charge in [0, 0.05) is 17.0 Å². The number of fused-ring (bicyclic) bond motifs is 2. The topological polar surface area (TPSA) is 81.7 Å². The number of nitrogen functional groups attached to an aromatic ring is 1. The zero-order valence-corrected chi connectivity index (χ0v) is 20.0. The summed E-state index contributed by atoms with van der Waals surface area (Å²) in [6.45, 7) is 2.99. The minimum atomic E-state index is -4.77. The van der Waals surface area contributed by atoms with Crippen LogP contribution in [-0.4, -0.2) is 32.8 Å². The number of alkyl halides is 3. The van der Waals surface area contributed by atoms with E-state index >= 15 is 4.39 Å². The van der Waals surface area contributed by atoms with Crippen LogP contribution in [0.1, 0.15) is 41.8 Å². The molecular formula is C27H24F4N6. The monoisotopic (exact) mass is 508 g/mol. The van der Waals surface area contributed by atoms with Crippen molar-refractivity contribution in [2.24, 2.45) is 11.8 Å². The third kappa shape index (κ3) is 3.45. The highest BCUT2D eigenvalue weighted by atomic mass is 19.4. The van der Waals surface area contributed by atoms with E-state index in [-0.39, 0.29) is 34.7 Å². The summed E-state index contributed by atoms with van der Waals surface area (Å²) in [5, 5.41) is 8.92. The van der Waals surface area contributed by atoms with Gasteiger partial charge in [0.2, 0.25) is 0 Å². The van der Waals surface area contributed by atoms with Crippen molar-refractivity contribution in [3.8, 4) is 22.5 Å². The lowest BCUT2D eigenvalue weighted by atomic mass is 9.97. The summed E-state index contributed by atoms with van der Waals surface area (Å²) in [5.74, 6) is 0.105. The Balaban J connectivity index is 1.58. The maximum absolute atomic E-state index is 16.6. The van der Waals surface area contributed by atoms with Crippen LogP contribution in [-0.2, 0) is 6.18 Å². The zero-order valence-electron chi connectivity index (χ0n) is 20.0. The molecule has 0 radical (unpaired) electrons. The summed E-state index contributed by atoms with van der Waals surface area (Å²) in [7, 11) is 0. The van der Waals surface area contributed by atoms with E-state index < -0.39 is 23.1 Å². The van der Waals surface area contributed by atoms with Gasteiger partial charge in [-0.15, -0.1) is 0 Å². The molecule has 3 aliphatic rings. The second kappa shape index (κ2) is 7.74. The first-order valence-electron chi connectivity index (χ1n) is 12.5. The third-order valence-corrected chi connectivity index (χ3v) is 7.92. The van der Waals surface area contributed by atoms with Crippen molar-refractivity contribution < 1.29 is 17.6 Å². The highest BCUT2D eigenvalue weighted by Gasteiger charge is 2.56. The number of piperidine rings is 1. The number of anilines is 1. The molecule has 3 aromatic heterocycles. The van der Waals surface area contributed by atoms with Gasteiger partial charge >= 0.3 is 6.18 Å². The number of benzene rings is 1. The number of rotatable bonds is 4. The van der Waals surface area contributed by atoms with Crippen molar-refractivity contribution in [2.45, 2.75) is 37.9 Å². The van der Waals surface area contributed by atoms with Gasteiger partial charge in [0.15, 0.2) is 5.82 Å². The molecule has 3 N–H and O–H groups in total. The highest BCUT2D eigenvalue weighted by molar-refractivity contribution is 5.98. The van der Waals surface area contributed by atoms with Crippen LogP contribution in [0.5, 0.6) is 0 Å². The number of hydrogen-bond acceptors (Lipinski definition) is 5. The lowest BCUT2D eigenvalue weighted by Gasteiger charge is -2.18. The number of aryl methyl sites for hydroxylation is 1. The summed E-state index contributed by atoms with van der Waals surface area (Å²) in [4.78, 5) is 8.43. The molecule has 6 nitrogen and oxygen atoms in total. The Kier molecular flexibility index (Phi) is 4.74. The van der Waals surface area contributed by atoms with Crippen molar-refractivity contribution >= 4 is 16.7 Å². The van der Waals surface area contributed by atoms with Gasteiger partial charge in [0.05, 0.1) is 34.1 Å². The standard InChI is InChI=1S/C27H24F4N6/c1-12-21(27(29,30)31)15(9-18(32)34-12)24-22(28)26-20(23(35-24)13-5-3-2-4-6-13)25(36-37(26)14-7-8-14)19-16-10-33-11-17(16)19/h2-6,9,14,16-17,19,33H,7-8,10-11H2,1H3,(H2,32,34)/t16-,17+,19?. The number of nitrogens with two attached hydrogens (primary N) is 1. The van der Waals surface area contributed by atoms with E-state index in [1.54, 1.807) is 4.68 Å². The molecule has 4 aromatic rings. The molecule has 0 amide bonds. The van der Waals surface area contributed by atoms with Crippen LogP contribution in [0.3, 0.4) is 0 Å². The van der Waals surface area contributed by atoms with Gasteiger partial charge in [0.1, 0.15) is 17.0 Å². The average Bonchev–Trinajstić information content (AvgIpc) is 3.72. The van der Waals surface area contributed by atoms with Gasteiger partial charge in [-0.25, -0.2) is 14.4 Å². The normalized spacial score (nSPS) is 23.0. The second-order valence-electron chi connectivity index (χ2n) is 10.3. The molecule has 2 aliphatic carbocycles. The van der Waals surface area contributed by atoms with Crippen LogP contribution in [0.15, 0.2) is 36.4 Å². The Morgan fingerprint density at radius 3 is 2.38 bits per heavy atom. The van der Waals surface area contributed by atoms with Crippen LogP contribution in [0.4, 0.5) is 23.4 Å². The summed E-state index contributed by atoms with van der Waals surface area (Å²) < 4.78 is 60.9. The lowest BCUT2D eigenvalue weighted by molar-refractivity contribution is -0.137. The number of halogens is 4. The first-order chi connectivity index (χ1) is 17.7. The molecule has 190 valence electrons. The van der Waals surface area contributed by atoms with Crippen LogP contribution in [0.2, 0.25) is 0 Å². The molecular weight excluding hydrogens is 484 g/mol. The molecule has 1 saturated heterocycles. The summed E-state index contributed by atoms with van der Waals surface area (Å²) >= 11 is 0. The Bertz CT molecular complexity index is 1550. The Morgan fingerprint density at radius 2 is 1.73 bits per heavy atom. The Labute approximate surface area is 209 Å². The second-order valence-corrected chi connectivity index (χ2v) is 10.3. The third-order valence-electron chi connectivity index (χ3n) is 7.92. The van der Waals surface area contributed by atoms with E-state index in [1.165, 1.54) is 6.92 Å². The summed E-state index contributed by atoms with van der Waals surface area (Å²) in [6, 6.07) is 10.3. The van der Waals surface area contributed by atoms with Crippen LogP contribution in [0.25, 0.3) is 33.4 Å². The molecule has 10 heteroatoms. The lowest BCUT2D eigenvalue weighted by Crippen LogP contribution is -2.14. The average molecular weight is 509 g/mol.